The highest BCUT2D eigenvalue weighted by Gasteiger charge is 2.17. The molecule has 0 bridgehead atoms. The molecule has 0 amide bonds. The van der Waals surface area contributed by atoms with Crippen LogP contribution in [0.5, 0.6) is 5.75 Å². The van der Waals surface area contributed by atoms with Crippen LogP contribution in [0.25, 0.3) is 10.9 Å². The van der Waals surface area contributed by atoms with Gasteiger partial charge in [-0.05, 0) is 12.1 Å². The fraction of sp³-hybridized carbons (Fsp3) is 0.111. The van der Waals surface area contributed by atoms with Crippen molar-refractivity contribution in [3.05, 3.63) is 39.0 Å². The van der Waals surface area contributed by atoms with Gasteiger partial charge in [-0.25, -0.2) is 4.79 Å². The first-order valence-electron chi connectivity index (χ1n) is 4.31. The van der Waals surface area contributed by atoms with Gasteiger partial charge in [0.15, 0.2) is 5.75 Å². The Bertz CT molecular complexity index is 655. The van der Waals surface area contributed by atoms with Crippen LogP contribution in [0.1, 0.15) is 0 Å². The zero-order valence-electron chi connectivity index (χ0n) is 7.52. The third-order valence-corrected chi connectivity index (χ3v) is 2.25. The Balaban J connectivity index is 2.65. The number of benzene rings is 1. The maximum Gasteiger partial charge on any atom is 0.362 e. The van der Waals surface area contributed by atoms with E-state index in [0.29, 0.717) is 16.7 Å². The highest BCUT2D eigenvalue weighted by atomic mass is 16.8. The minimum atomic E-state index is -0.594. The van der Waals surface area contributed by atoms with Gasteiger partial charge in [0.1, 0.15) is 5.52 Å². The molecular formula is C9H6N2O4. The van der Waals surface area contributed by atoms with Gasteiger partial charge in [-0.1, -0.05) is 6.07 Å². The van der Waals surface area contributed by atoms with Gasteiger partial charge in [-0.3, -0.25) is 9.78 Å². The lowest BCUT2D eigenvalue weighted by Gasteiger charge is -2.18. The first-order valence-corrected chi connectivity index (χ1v) is 4.31. The Morgan fingerprint density at radius 2 is 2.20 bits per heavy atom. The van der Waals surface area contributed by atoms with E-state index in [1.807, 2.05) is 0 Å². The van der Waals surface area contributed by atoms with E-state index in [0.717, 1.165) is 4.73 Å². The Hall–Kier alpha value is -2.24. The molecule has 0 spiro atoms. The van der Waals surface area contributed by atoms with Crippen molar-refractivity contribution in [1.82, 2.24) is 9.71 Å². The van der Waals surface area contributed by atoms with Crippen molar-refractivity contribution in [1.29, 1.82) is 0 Å². The summed E-state index contributed by atoms with van der Waals surface area (Å²) in [5, 5.41) is 0.367. The topological polar surface area (TPSA) is 73.3 Å². The molecule has 2 aromatic rings. The van der Waals surface area contributed by atoms with Crippen molar-refractivity contribution in [2.75, 3.05) is 6.79 Å². The Labute approximate surface area is 82.6 Å². The molecule has 1 aromatic heterocycles. The third kappa shape index (κ3) is 0.983. The summed E-state index contributed by atoms with van der Waals surface area (Å²) >= 11 is 0. The Morgan fingerprint density at radius 3 is 3.07 bits per heavy atom. The molecule has 0 atom stereocenters. The molecule has 1 N–H and O–H groups in total. The van der Waals surface area contributed by atoms with Crippen molar-refractivity contribution < 1.29 is 9.57 Å². The van der Waals surface area contributed by atoms with Crippen molar-refractivity contribution in [3.63, 3.8) is 0 Å². The molecule has 0 fully saturated rings. The highest BCUT2D eigenvalue weighted by molar-refractivity contribution is 5.83. The zero-order valence-corrected chi connectivity index (χ0v) is 7.52. The van der Waals surface area contributed by atoms with Crippen LogP contribution in [0.3, 0.4) is 0 Å². The number of rotatable bonds is 0. The maximum absolute atomic E-state index is 11.5. The van der Waals surface area contributed by atoms with Crippen molar-refractivity contribution in [2.24, 2.45) is 0 Å². The van der Waals surface area contributed by atoms with Gasteiger partial charge >= 0.3 is 5.69 Å². The van der Waals surface area contributed by atoms with E-state index in [2.05, 4.69) is 4.98 Å². The van der Waals surface area contributed by atoms with E-state index in [9.17, 15) is 9.59 Å². The van der Waals surface area contributed by atoms with Crippen LogP contribution in [0.15, 0.2) is 27.8 Å². The standard InChI is InChI=1S/C9H6N2O4/c12-8-5-2-1-3-6-7(5)11(9(13)10-8)15-4-14-6/h1-3H,4H2,(H,10,12,13). The second-order valence-electron chi connectivity index (χ2n) is 3.10. The zero-order chi connectivity index (χ0) is 10.4. The SMILES string of the molecule is O=c1[nH]c(=O)n2c3c(cccc13)OCO2. The van der Waals surface area contributed by atoms with Crippen LogP contribution in [-0.4, -0.2) is 16.5 Å². The quantitative estimate of drug-likeness (QED) is 0.628. The average molecular weight is 206 g/mol. The van der Waals surface area contributed by atoms with Crippen LogP contribution < -0.4 is 20.8 Å². The molecule has 76 valence electrons. The largest absolute Gasteiger partial charge is 0.453 e. The Morgan fingerprint density at radius 1 is 1.33 bits per heavy atom. The molecular weight excluding hydrogens is 200 g/mol. The average Bonchev–Trinajstić information content (AvgIpc) is 2.25. The Kier molecular flexibility index (Phi) is 1.42. The van der Waals surface area contributed by atoms with Gasteiger partial charge < -0.3 is 9.57 Å². The number of hydrogen-bond acceptors (Lipinski definition) is 4. The monoisotopic (exact) mass is 206 g/mol. The molecule has 2 heterocycles. The molecule has 15 heavy (non-hydrogen) atoms. The van der Waals surface area contributed by atoms with E-state index in [-0.39, 0.29) is 6.79 Å². The summed E-state index contributed by atoms with van der Waals surface area (Å²) in [4.78, 5) is 30.0. The molecule has 6 heteroatoms. The smallest absolute Gasteiger partial charge is 0.362 e. The summed E-state index contributed by atoms with van der Waals surface area (Å²) in [6, 6.07) is 4.97. The molecule has 0 radical (unpaired) electrons. The molecule has 0 saturated carbocycles. The van der Waals surface area contributed by atoms with Crippen molar-refractivity contribution in [2.45, 2.75) is 0 Å². The van der Waals surface area contributed by atoms with Crippen LogP contribution in [0.4, 0.5) is 0 Å². The lowest BCUT2D eigenvalue weighted by atomic mass is 10.2. The number of ether oxygens (including phenoxy) is 1. The van der Waals surface area contributed by atoms with Gasteiger partial charge in [0.2, 0.25) is 0 Å². The van der Waals surface area contributed by atoms with E-state index >= 15 is 0 Å². The number of para-hydroxylation sites is 1. The number of aromatic nitrogens is 2. The molecule has 6 nitrogen and oxygen atoms in total. The summed E-state index contributed by atoms with van der Waals surface area (Å²) in [6.07, 6.45) is 0. The molecule has 3 rings (SSSR count). The number of H-pyrrole nitrogens is 1. The molecule has 0 aliphatic carbocycles. The van der Waals surface area contributed by atoms with Crippen LogP contribution in [-0.2, 0) is 0 Å². The fourth-order valence-electron chi connectivity index (χ4n) is 1.61. The predicted octanol–water partition coefficient (Wildman–Crippen LogP) is -0.532. The fourth-order valence-corrected chi connectivity index (χ4v) is 1.61. The number of nitrogens with zero attached hydrogens (tertiary/aromatic N) is 1. The lowest BCUT2D eigenvalue weighted by molar-refractivity contribution is -0.0114. The second kappa shape index (κ2) is 2.63. The molecule has 1 aliphatic heterocycles. The summed E-state index contributed by atoms with van der Waals surface area (Å²) in [7, 11) is 0. The molecule has 1 aromatic carbocycles. The minimum absolute atomic E-state index is 0.0436. The summed E-state index contributed by atoms with van der Waals surface area (Å²) in [5.41, 5.74) is -0.664. The first kappa shape index (κ1) is 8.10. The van der Waals surface area contributed by atoms with Crippen molar-refractivity contribution in [3.8, 4) is 5.75 Å². The summed E-state index contributed by atoms with van der Waals surface area (Å²) < 4.78 is 6.21. The minimum Gasteiger partial charge on any atom is -0.453 e. The van der Waals surface area contributed by atoms with E-state index in [1.54, 1.807) is 18.2 Å². The second-order valence-corrected chi connectivity index (χ2v) is 3.10. The first-order chi connectivity index (χ1) is 7.27. The van der Waals surface area contributed by atoms with Crippen LogP contribution in [0.2, 0.25) is 0 Å². The van der Waals surface area contributed by atoms with Gasteiger partial charge in [0, 0.05) is 0 Å². The third-order valence-electron chi connectivity index (χ3n) is 2.25. The van der Waals surface area contributed by atoms with E-state index in [4.69, 9.17) is 9.57 Å². The summed E-state index contributed by atoms with van der Waals surface area (Å²) in [5.74, 6) is 0.474. The van der Waals surface area contributed by atoms with Crippen molar-refractivity contribution >= 4 is 10.9 Å². The molecule has 0 unspecified atom stereocenters. The number of nitrogens with one attached hydrogen (secondary N) is 1. The van der Waals surface area contributed by atoms with Gasteiger partial charge in [0.05, 0.1) is 5.39 Å². The highest BCUT2D eigenvalue weighted by Crippen LogP contribution is 2.23. The van der Waals surface area contributed by atoms with Crippen LogP contribution in [0, 0.1) is 0 Å². The maximum atomic E-state index is 11.5. The lowest BCUT2D eigenvalue weighted by Crippen LogP contribution is -2.38. The van der Waals surface area contributed by atoms with E-state index < -0.39 is 11.2 Å². The van der Waals surface area contributed by atoms with Gasteiger partial charge in [0.25, 0.3) is 12.4 Å². The number of hydrogen-bond donors (Lipinski definition) is 1. The number of aromatic amines is 1. The molecule has 1 aliphatic rings. The van der Waals surface area contributed by atoms with E-state index in [1.165, 1.54) is 0 Å². The van der Waals surface area contributed by atoms with Crippen LogP contribution >= 0.6 is 0 Å². The molecule has 0 saturated heterocycles. The predicted molar refractivity (Wildman–Crippen MR) is 50.9 cm³/mol. The summed E-state index contributed by atoms with van der Waals surface area (Å²) in [6.45, 7) is -0.0436. The normalized spacial score (nSPS) is 13.3. The van der Waals surface area contributed by atoms with Gasteiger partial charge in [-0.15, -0.1) is 4.73 Å². The van der Waals surface area contributed by atoms with Gasteiger partial charge in [-0.2, -0.15) is 0 Å².